The molecular weight excluding hydrogens is 268 g/mol. The molecule has 116 valence electrons. The zero-order valence-corrected chi connectivity index (χ0v) is 12.8. The lowest BCUT2D eigenvalue weighted by Gasteiger charge is -2.27. The minimum Gasteiger partial charge on any atom is -0.479 e. The maximum Gasteiger partial charge on any atom is 0.333 e. The number of hydrogen-bond acceptors (Lipinski definition) is 2. The molecule has 2 atom stereocenters. The molecule has 2 unspecified atom stereocenters. The second kappa shape index (κ2) is 7.67. The topological polar surface area (TPSA) is 78.4 Å². The number of carboxylic acid groups (broad SMARTS) is 1. The highest BCUT2D eigenvalue weighted by Gasteiger charge is 2.36. The summed E-state index contributed by atoms with van der Waals surface area (Å²) in [5, 5.41) is 14.7. The SMILES string of the molecule is CCCC(C)CNC(=O)NC(C)(C(=O)O)c1ccccc1. The highest BCUT2D eigenvalue weighted by Crippen LogP contribution is 2.20. The summed E-state index contributed by atoms with van der Waals surface area (Å²) in [6, 6.07) is 8.21. The minimum atomic E-state index is -1.45. The van der Waals surface area contributed by atoms with Gasteiger partial charge in [0, 0.05) is 6.54 Å². The number of rotatable bonds is 7. The number of nitrogens with one attached hydrogen (secondary N) is 2. The standard InChI is InChI=1S/C16H24N2O3/c1-4-8-12(2)11-17-15(21)18-16(3,14(19)20)13-9-6-5-7-10-13/h5-7,9-10,12H,4,8,11H2,1-3H3,(H,19,20)(H2,17,18,21). The number of carboxylic acids is 1. The molecule has 0 spiro atoms. The van der Waals surface area contributed by atoms with E-state index in [0.717, 1.165) is 12.8 Å². The molecule has 1 aromatic carbocycles. The Balaban J connectivity index is 2.71. The summed E-state index contributed by atoms with van der Waals surface area (Å²) in [6.07, 6.45) is 2.08. The molecule has 0 saturated carbocycles. The van der Waals surface area contributed by atoms with Gasteiger partial charge in [-0.1, -0.05) is 50.6 Å². The van der Waals surface area contributed by atoms with E-state index in [0.29, 0.717) is 18.0 Å². The lowest BCUT2D eigenvalue weighted by molar-refractivity contribution is -0.144. The lowest BCUT2D eigenvalue weighted by Crippen LogP contribution is -2.53. The van der Waals surface area contributed by atoms with Crippen molar-refractivity contribution < 1.29 is 14.7 Å². The van der Waals surface area contributed by atoms with E-state index < -0.39 is 17.5 Å². The number of aliphatic carboxylic acids is 1. The van der Waals surface area contributed by atoms with Crippen LogP contribution in [0.4, 0.5) is 4.79 Å². The zero-order valence-electron chi connectivity index (χ0n) is 12.8. The summed E-state index contributed by atoms with van der Waals surface area (Å²) >= 11 is 0. The fraction of sp³-hybridized carbons (Fsp3) is 0.500. The molecule has 0 bridgehead atoms. The van der Waals surface area contributed by atoms with E-state index in [2.05, 4.69) is 24.5 Å². The van der Waals surface area contributed by atoms with Crippen molar-refractivity contribution in [1.29, 1.82) is 0 Å². The molecule has 0 saturated heterocycles. The molecule has 0 aliphatic heterocycles. The number of carbonyl (C=O) groups is 2. The van der Waals surface area contributed by atoms with Crippen LogP contribution in [-0.4, -0.2) is 23.7 Å². The fourth-order valence-corrected chi connectivity index (χ4v) is 2.15. The first-order valence-corrected chi connectivity index (χ1v) is 7.25. The van der Waals surface area contributed by atoms with Crippen LogP contribution in [0.1, 0.15) is 39.2 Å². The van der Waals surface area contributed by atoms with Gasteiger partial charge in [-0.05, 0) is 24.8 Å². The molecule has 5 nitrogen and oxygen atoms in total. The van der Waals surface area contributed by atoms with Crippen LogP contribution in [0.2, 0.25) is 0 Å². The van der Waals surface area contributed by atoms with E-state index in [-0.39, 0.29) is 0 Å². The molecule has 0 aliphatic rings. The number of amides is 2. The average molecular weight is 292 g/mol. The van der Waals surface area contributed by atoms with E-state index in [4.69, 9.17) is 0 Å². The highest BCUT2D eigenvalue weighted by molar-refractivity contribution is 5.87. The van der Waals surface area contributed by atoms with Crippen molar-refractivity contribution in [2.45, 2.75) is 39.2 Å². The second-order valence-corrected chi connectivity index (χ2v) is 5.53. The number of urea groups is 1. The Hall–Kier alpha value is -2.04. The van der Waals surface area contributed by atoms with Gasteiger partial charge >= 0.3 is 12.0 Å². The molecule has 21 heavy (non-hydrogen) atoms. The molecular formula is C16H24N2O3. The van der Waals surface area contributed by atoms with Crippen LogP contribution in [0.15, 0.2) is 30.3 Å². The van der Waals surface area contributed by atoms with Crippen LogP contribution in [0.3, 0.4) is 0 Å². The van der Waals surface area contributed by atoms with E-state index in [1.165, 1.54) is 6.92 Å². The summed E-state index contributed by atoms with van der Waals surface area (Å²) in [5.41, 5.74) is -0.909. The summed E-state index contributed by atoms with van der Waals surface area (Å²) in [4.78, 5) is 23.5. The van der Waals surface area contributed by atoms with Crippen LogP contribution < -0.4 is 10.6 Å². The Morgan fingerprint density at radius 2 is 1.90 bits per heavy atom. The maximum absolute atomic E-state index is 12.0. The molecule has 3 N–H and O–H groups in total. The highest BCUT2D eigenvalue weighted by atomic mass is 16.4. The quantitative estimate of drug-likeness (QED) is 0.723. The summed E-state index contributed by atoms with van der Waals surface area (Å²) < 4.78 is 0. The van der Waals surface area contributed by atoms with Gasteiger partial charge < -0.3 is 15.7 Å². The summed E-state index contributed by atoms with van der Waals surface area (Å²) in [6.45, 7) is 6.16. The van der Waals surface area contributed by atoms with Gasteiger partial charge in [0.2, 0.25) is 0 Å². The molecule has 0 aromatic heterocycles. The van der Waals surface area contributed by atoms with Crippen molar-refractivity contribution in [2.75, 3.05) is 6.54 Å². The molecule has 0 aliphatic carbocycles. The van der Waals surface area contributed by atoms with Crippen molar-refractivity contribution >= 4 is 12.0 Å². The van der Waals surface area contributed by atoms with Crippen LogP contribution in [-0.2, 0) is 10.3 Å². The number of carbonyl (C=O) groups excluding carboxylic acids is 1. The van der Waals surface area contributed by atoms with Gasteiger partial charge in [0.25, 0.3) is 0 Å². The minimum absolute atomic E-state index is 0.369. The van der Waals surface area contributed by atoms with Crippen LogP contribution >= 0.6 is 0 Å². The van der Waals surface area contributed by atoms with Crippen molar-refractivity contribution in [3.8, 4) is 0 Å². The van der Waals surface area contributed by atoms with Gasteiger partial charge in [0.05, 0.1) is 0 Å². The largest absolute Gasteiger partial charge is 0.479 e. The third-order valence-electron chi connectivity index (χ3n) is 3.53. The molecule has 0 fully saturated rings. The first-order valence-electron chi connectivity index (χ1n) is 7.25. The summed E-state index contributed by atoms with van der Waals surface area (Å²) in [7, 11) is 0. The van der Waals surface area contributed by atoms with E-state index >= 15 is 0 Å². The second-order valence-electron chi connectivity index (χ2n) is 5.53. The van der Waals surface area contributed by atoms with Crippen molar-refractivity contribution in [3.05, 3.63) is 35.9 Å². The van der Waals surface area contributed by atoms with E-state index in [1.807, 2.05) is 0 Å². The predicted octanol–water partition coefficient (Wildman–Crippen LogP) is 2.72. The third-order valence-corrected chi connectivity index (χ3v) is 3.53. The normalized spacial score (nSPS) is 14.8. The third kappa shape index (κ3) is 4.77. The van der Waals surface area contributed by atoms with Crippen molar-refractivity contribution in [1.82, 2.24) is 10.6 Å². The van der Waals surface area contributed by atoms with Crippen molar-refractivity contribution in [2.24, 2.45) is 5.92 Å². The monoisotopic (exact) mass is 292 g/mol. The van der Waals surface area contributed by atoms with Gasteiger partial charge in [0.1, 0.15) is 0 Å². The molecule has 0 heterocycles. The van der Waals surface area contributed by atoms with Gasteiger partial charge in [-0.25, -0.2) is 9.59 Å². The fourth-order valence-electron chi connectivity index (χ4n) is 2.15. The number of hydrogen-bond donors (Lipinski definition) is 3. The van der Waals surface area contributed by atoms with E-state index in [1.54, 1.807) is 30.3 Å². The Labute approximate surface area is 125 Å². The molecule has 2 amide bonds. The summed E-state index contributed by atoms with van der Waals surface area (Å²) in [5.74, 6) is -0.723. The van der Waals surface area contributed by atoms with Gasteiger partial charge in [-0.3, -0.25) is 0 Å². The van der Waals surface area contributed by atoms with Crippen LogP contribution in [0.25, 0.3) is 0 Å². The first kappa shape index (κ1) is 17.0. The van der Waals surface area contributed by atoms with Gasteiger partial charge in [-0.15, -0.1) is 0 Å². The average Bonchev–Trinajstić information content (AvgIpc) is 2.46. The molecule has 1 rings (SSSR count). The number of benzene rings is 1. The Morgan fingerprint density at radius 1 is 1.29 bits per heavy atom. The van der Waals surface area contributed by atoms with Crippen LogP contribution in [0, 0.1) is 5.92 Å². The lowest BCUT2D eigenvalue weighted by atomic mass is 9.92. The maximum atomic E-state index is 12.0. The molecule has 5 heteroatoms. The zero-order chi connectivity index (χ0) is 15.9. The Kier molecular flexibility index (Phi) is 6.21. The molecule has 0 radical (unpaired) electrons. The van der Waals surface area contributed by atoms with Gasteiger partial charge in [-0.2, -0.15) is 0 Å². The predicted molar refractivity (Wildman–Crippen MR) is 82.0 cm³/mol. The smallest absolute Gasteiger partial charge is 0.333 e. The van der Waals surface area contributed by atoms with Crippen LogP contribution in [0.5, 0.6) is 0 Å². The van der Waals surface area contributed by atoms with E-state index in [9.17, 15) is 14.7 Å². The first-order chi connectivity index (χ1) is 9.90. The van der Waals surface area contributed by atoms with Crippen molar-refractivity contribution in [3.63, 3.8) is 0 Å². The molecule has 1 aromatic rings. The Bertz CT molecular complexity index is 476. The Morgan fingerprint density at radius 3 is 2.43 bits per heavy atom. The van der Waals surface area contributed by atoms with Gasteiger partial charge in [0.15, 0.2) is 5.54 Å².